The fourth-order valence-electron chi connectivity index (χ4n) is 4.13. The summed E-state index contributed by atoms with van der Waals surface area (Å²) < 4.78 is 0. The maximum Gasteiger partial charge on any atom is 0.240 e. The molecule has 1 aromatic heterocycles. The smallest absolute Gasteiger partial charge is 0.240 e. The monoisotopic (exact) mass is 365 g/mol. The molecule has 1 atom stereocenters. The van der Waals surface area contributed by atoms with E-state index in [0.29, 0.717) is 12.5 Å². The Bertz CT molecular complexity index is 855. The van der Waals surface area contributed by atoms with E-state index in [0.717, 1.165) is 28.0 Å². The molecule has 1 unspecified atom stereocenters. The molecule has 2 heterocycles. The quantitative estimate of drug-likeness (QED) is 0.861. The molecule has 1 fully saturated rings. The molecule has 1 aliphatic carbocycles. The lowest BCUT2D eigenvalue weighted by atomic mass is 9.93. The first kappa shape index (κ1) is 17.9. The van der Waals surface area contributed by atoms with Crippen LogP contribution in [-0.4, -0.2) is 27.6 Å². The van der Waals surface area contributed by atoms with E-state index in [9.17, 15) is 4.79 Å². The van der Waals surface area contributed by atoms with Crippen LogP contribution in [0.2, 0.25) is 0 Å². The number of aromatic nitrogens is 2. The largest absolute Gasteiger partial charge is 0.367 e. The maximum atomic E-state index is 11.5. The van der Waals surface area contributed by atoms with Gasteiger partial charge in [0.15, 0.2) is 0 Å². The van der Waals surface area contributed by atoms with Gasteiger partial charge in [0.2, 0.25) is 5.91 Å². The molecule has 2 aliphatic rings. The zero-order valence-corrected chi connectivity index (χ0v) is 15.9. The third-order valence-corrected chi connectivity index (χ3v) is 5.64. The second-order valence-corrected chi connectivity index (χ2v) is 7.78. The van der Waals surface area contributed by atoms with E-state index in [1.165, 1.54) is 44.9 Å². The van der Waals surface area contributed by atoms with E-state index in [1.807, 2.05) is 13.0 Å². The van der Waals surface area contributed by atoms with E-state index in [1.54, 1.807) is 6.33 Å². The Kier molecular flexibility index (Phi) is 5.32. The van der Waals surface area contributed by atoms with Crippen LogP contribution in [0.5, 0.6) is 0 Å². The number of anilines is 1. The predicted octanol–water partition coefficient (Wildman–Crippen LogP) is 4.01. The highest BCUT2D eigenvalue weighted by molar-refractivity contribution is 6.07. The van der Waals surface area contributed by atoms with Gasteiger partial charge >= 0.3 is 0 Å². The van der Waals surface area contributed by atoms with Gasteiger partial charge in [0.05, 0.1) is 11.2 Å². The standard InChI is InChI=1S/C21H27N5O/c1-14-11-19(27)25-26-20(14)15-9-10-17-18(12-15)22-13-23-21(17)24-16-7-5-3-2-4-6-8-16/h9-10,12-14,16H,2-8,11H2,1H3,(H,25,27)(H,22,23,24). The van der Waals surface area contributed by atoms with Crippen LogP contribution < -0.4 is 10.7 Å². The average Bonchev–Trinajstić information content (AvgIpc) is 2.63. The normalized spacial score (nSPS) is 21.9. The summed E-state index contributed by atoms with van der Waals surface area (Å²) in [6.45, 7) is 2.03. The molecule has 142 valence electrons. The van der Waals surface area contributed by atoms with Crippen molar-refractivity contribution in [3.05, 3.63) is 30.1 Å². The molecule has 6 heteroatoms. The Balaban J connectivity index is 1.59. The zero-order valence-electron chi connectivity index (χ0n) is 15.9. The Morgan fingerprint density at radius 3 is 2.63 bits per heavy atom. The molecular formula is C21H27N5O. The number of fused-ring (bicyclic) bond motifs is 1. The number of nitrogens with zero attached hydrogens (tertiary/aromatic N) is 3. The van der Waals surface area contributed by atoms with Gasteiger partial charge in [0.1, 0.15) is 12.1 Å². The van der Waals surface area contributed by atoms with Crippen LogP contribution in [0.1, 0.15) is 63.9 Å². The first-order valence-corrected chi connectivity index (χ1v) is 10.1. The van der Waals surface area contributed by atoms with Crippen molar-refractivity contribution in [3.63, 3.8) is 0 Å². The number of amides is 1. The van der Waals surface area contributed by atoms with Crippen LogP contribution in [0, 0.1) is 5.92 Å². The summed E-state index contributed by atoms with van der Waals surface area (Å²) in [4.78, 5) is 20.5. The van der Waals surface area contributed by atoms with Crippen molar-refractivity contribution in [1.29, 1.82) is 0 Å². The van der Waals surface area contributed by atoms with Gasteiger partial charge in [-0.2, -0.15) is 5.10 Å². The molecule has 0 radical (unpaired) electrons. The molecule has 2 aromatic rings. The Hall–Kier alpha value is -2.50. The molecule has 1 aromatic carbocycles. The molecule has 1 aliphatic heterocycles. The fraction of sp³-hybridized carbons (Fsp3) is 0.524. The summed E-state index contributed by atoms with van der Waals surface area (Å²) in [6, 6.07) is 6.66. The number of carbonyl (C=O) groups excluding carboxylic acids is 1. The Morgan fingerprint density at radius 2 is 1.85 bits per heavy atom. The second-order valence-electron chi connectivity index (χ2n) is 7.78. The minimum Gasteiger partial charge on any atom is -0.367 e. The van der Waals surface area contributed by atoms with Crippen LogP contribution >= 0.6 is 0 Å². The Morgan fingerprint density at radius 1 is 1.07 bits per heavy atom. The summed E-state index contributed by atoms with van der Waals surface area (Å²) in [5, 5.41) is 8.97. The number of hydrogen-bond donors (Lipinski definition) is 2. The minimum atomic E-state index is -0.0277. The number of benzene rings is 1. The van der Waals surface area contributed by atoms with Gasteiger partial charge in [-0.15, -0.1) is 0 Å². The molecule has 2 N–H and O–H groups in total. The van der Waals surface area contributed by atoms with Crippen molar-refractivity contribution >= 4 is 28.3 Å². The highest BCUT2D eigenvalue weighted by atomic mass is 16.2. The topological polar surface area (TPSA) is 79.3 Å². The number of hydrogen-bond acceptors (Lipinski definition) is 5. The van der Waals surface area contributed by atoms with Crippen LogP contribution in [0.4, 0.5) is 5.82 Å². The van der Waals surface area contributed by atoms with Crippen molar-refractivity contribution in [3.8, 4) is 0 Å². The van der Waals surface area contributed by atoms with Crippen molar-refractivity contribution in [2.45, 2.75) is 64.3 Å². The lowest BCUT2D eigenvalue weighted by Crippen LogP contribution is -2.31. The maximum absolute atomic E-state index is 11.5. The lowest BCUT2D eigenvalue weighted by molar-refractivity contribution is -0.121. The highest BCUT2D eigenvalue weighted by Gasteiger charge is 2.22. The fourth-order valence-corrected chi connectivity index (χ4v) is 4.13. The van der Waals surface area contributed by atoms with Crippen molar-refractivity contribution in [2.75, 3.05) is 5.32 Å². The second kappa shape index (κ2) is 8.03. The van der Waals surface area contributed by atoms with Crippen LogP contribution in [0.25, 0.3) is 10.9 Å². The van der Waals surface area contributed by atoms with E-state index < -0.39 is 0 Å². The van der Waals surface area contributed by atoms with Gasteiger partial charge in [-0.1, -0.05) is 45.1 Å². The number of rotatable bonds is 3. The zero-order chi connectivity index (χ0) is 18.6. The van der Waals surface area contributed by atoms with Gasteiger partial charge in [0, 0.05) is 29.3 Å². The number of hydrazone groups is 1. The van der Waals surface area contributed by atoms with E-state index in [-0.39, 0.29) is 11.8 Å². The third-order valence-electron chi connectivity index (χ3n) is 5.64. The molecule has 4 rings (SSSR count). The molecule has 1 amide bonds. The van der Waals surface area contributed by atoms with Crippen LogP contribution in [0.3, 0.4) is 0 Å². The molecule has 6 nitrogen and oxygen atoms in total. The summed E-state index contributed by atoms with van der Waals surface area (Å²) >= 11 is 0. The molecule has 27 heavy (non-hydrogen) atoms. The molecule has 0 saturated heterocycles. The van der Waals surface area contributed by atoms with Gasteiger partial charge in [-0.3, -0.25) is 4.79 Å². The van der Waals surface area contributed by atoms with Crippen molar-refractivity contribution in [2.24, 2.45) is 11.0 Å². The molecule has 0 spiro atoms. The van der Waals surface area contributed by atoms with Crippen LogP contribution in [0.15, 0.2) is 29.6 Å². The van der Waals surface area contributed by atoms with E-state index in [2.05, 4.69) is 37.9 Å². The number of carbonyl (C=O) groups is 1. The number of nitrogens with one attached hydrogen (secondary N) is 2. The molecular weight excluding hydrogens is 338 g/mol. The SMILES string of the molecule is CC1CC(=O)NN=C1c1ccc2c(NC3CCCCCCC3)ncnc2c1. The first-order chi connectivity index (χ1) is 13.2. The summed E-state index contributed by atoms with van der Waals surface area (Å²) in [6.07, 6.45) is 11.1. The summed E-state index contributed by atoms with van der Waals surface area (Å²) in [5.41, 5.74) is 5.41. The van der Waals surface area contributed by atoms with Crippen molar-refractivity contribution in [1.82, 2.24) is 15.4 Å². The van der Waals surface area contributed by atoms with Crippen molar-refractivity contribution < 1.29 is 4.79 Å². The summed E-state index contributed by atoms with van der Waals surface area (Å²) in [5.74, 6) is 0.995. The van der Waals surface area contributed by atoms with Gasteiger partial charge in [-0.25, -0.2) is 15.4 Å². The highest BCUT2D eigenvalue weighted by Crippen LogP contribution is 2.26. The lowest BCUT2D eigenvalue weighted by Gasteiger charge is -2.22. The minimum absolute atomic E-state index is 0.0277. The van der Waals surface area contributed by atoms with Gasteiger partial charge in [0.25, 0.3) is 0 Å². The van der Waals surface area contributed by atoms with E-state index in [4.69, 9.17) is 0 Å². The van der Waals surface area contributed by atoms with Gasteiger partial charge < -0.3 is 5.32 Å². The average molecular weight is 365 g/mol. The van der Waals surface area contributed by atoms with Gasteiger partial charge in [-0.05, 0) is 25.0 Å². The van der Waals surface area contributed by atoms with Crippen LogP contribution in [-0.2, 0) is 4.79 Å². The predicted molar refractivity (Wildman–Crippen MR) is 108 cm³/mol. The van der Waals surface area contributed by atoms with E-state index >= 15 is 0 Å². The first-order valence-electron chi connectivity index (χ1n) is 10.1. The Labute approximate surface area is 159 Å². The summed E-state index contributed by atoms with van der Waals surface area (Å²) in [7, 11) is 0. The third kappa shape index (κ3) is 4.10. The molecule has 0 bridgehead atoms. The molecule has 1 saturated carbocycles.